The molecule has 0 bridgehead atoms. The molecule has 5 heteroatoms. The van der Waals surface area contributed by atoms with Gasteiger partial charge in [-0.2, -0.15) is 0 Å². The van der Waals surface area contributed by atoms with Crippen molar-refractivity contribution in [2.45, 2.75) is 25.7 Å². The average Bonchev–Trinajstić information content (AvgIpc) is 2.99. The number of ketones is 1. The van der Waals surface area contributed by atoms with Crippen LogP contribution in [0.2, 0.25) is 0 Å². The van der Waals surface area contributed by atoms with Gasteiger partial charge in [-0.15, -0.1) is 0 Å². The molecule has 1 N–H and O–H groups in total. The fourth-order valence-corrected chi connectivity index (χ4v) is 5.17. The number of aryl methyl sites for hydroxylation is 1. The summed E-state index contributed by atoms with van der Waals surface area (Å²) >= 11 is 0. The van der Waals surface area contributed by atoms with E-state index in [1.807, 2.05) is 102 Å². The molecule has 39 heavy (non-hydrogen) atoms. The first-order valence-electron chi connectivity index (χ1n) is 13.5. The van der Waals surface area contributed by atoms with Gasteiger partial charge in [0.05, 0.1) is 0 Å². The Balaban J connectivity index is 1.14. The monoisotopic (exact) mass is 519 g/mol. The van der Waals surface area contributed by atoms with Crippen LogP contribution in [0.25, 0.3) is 11.1 Å². The highest BCUT2D eigenvalue weighted by atomic mass is 16.5. The van der Waals surface area contributed by atoms with E-state index in [0.29, 0.717) is 28.5 Å². The second kappa shape index (κ2) is 12.4. The first-order chi connectivity index (χ1) is 19.1. The van der Waals surface area contributed by atoms with E-state index >= 15 is 0 Å². The van der Waals surface area contributed by atoms with Crippen LogP contribution in [0.1, 0.15) is 40.7 Å². The van der Waals surface area contributed by atoms with E-state index in [0.717, 1.165) is 55.5 Å². The maximum atomic E-state index is 12.9. The second-order valence-electron chi connectivity index (χ2n) is 10.1. The van der Waals surface area contributed by atoms with Crippen LogP contribution < -0.4 is 4.74 Å². The van der Waals surface area contributed by atoms with Crippen molar-refractivity contribution in [2.24, 2.45) is 5.92 Å². The Kier molecular flexibility index (Phi) is 8.37. The Labute approximate surface area is 229 Å². The zero-order chi connectivity index (χ0) is 27.0. The lowest BCUT2D eigenvalue weighted by atomic mass is 9.90. The average molecular weight is 520 g/mol. The zero-order valence-electron chi connectivity index (χ0n) is 22.0. The van der Waals surface area contributed by atoms with E-state index in [-0.39, 0.29) is 18.3 Å². The number of aromatic hydroxyl groups is 1. The molecule has 0 atom stereocenters. The first kappa shape index (κ1) is 26.2. The van der Waals surface area contributed by atoms with Crippen molar-refractivity contribution in [3.63, 3.8) is 0 Å². The van der Waals surface area contributed by atoms with Crippen LogP contribution in [0.15, 0.2) is 103 Å². The van der Waals surface area contributed by atoms with E-state index in [1.54, 1.807) is 6.07 Å². The van der Waals surface area contributed by atoms with E-state index in [9.17, 15) is 14.7 Å². The summed E-state index contributed by atoms with van der Waals surface area (Å²) in [6.45, 7) is 1.48. The van der Waals surface area contributed by atoms with Crippen molar-refractivity contribution >= 4 is 11.7 Å². The van der Waals surface area contributed by atoms with E-state index < -0.39 is 0 Å². The molecule has 1 aliphatic heterocycles. The smallest absolute Gasteiger partial charge is 0.260 e. The number of rotatable bonds is 9. The molecule has 1 saturated heterocycles. The van der Waals surface area contributed by atoms with Gasteiger partial charge < -0.3 is 14.7 Å². The van der Waals surface area contributed by atoms with Gasteiger partial charge in [0.2, 0.25) is 0 Å². The highest BCUT2D eigenvalue weighted by Crippen LogP contribution is 2.31. The molecule has 1 heterocycles. The van der Waals surface area contributed by atoms with Crippen molar-refractivity contribution in [3.05, 3.63) is 120 Å². The van der Waals surface area contributed by atoms with Gasteiger partial charge in [-0.25, -0.2) is 0 Å². The number of para-hydroxylation sites is 1. The molecule has 1 aliphatic rings. The predicted octanol–water partition coefficient (Wildman–Crippen LogP) is 6.54. The molecule has 0 radical (unpaired) electrons. The van der Waals surface area contributed by atoms with Crippen LogP contribution in [0, 0.1) is 5.92 Å². The first-order valence-corrected chi connectivity index (χ1v) is 13.5. The molecule has 5 rings (SSSR count). The van der Waals surface area contributed by atoms with Gasteiger partial charge in [0.15, 0.2) is 12.4 Å². The van der Waals surface area contributed by atoms with E-state index in [2.05, 4.69) is 0 Å². The fraction of sp³-hybridized carbons (Fsp3) is 0.235. The lowest BCUT2D eigenvalue weighted by molar-refractivity contribution is -0.134. The summed E-state index contributed by atoms with van der Waals surface area (Å²) in [5.41, 5.74) is 4.25. The van der Waals surface area contributed by atoms with Gasteiger partial charge in [-0.3, -0.25) is 9.59 Å². The van der Waals surface area contributed by atoms with Crippen LogP contribution in [-0.2, 0) is 11.2 Å². The molecular weight excluding hydrogens is 486 g/mol. The van der Waals surface area contributed by atoms with Crippen LogP contribution >= 0.6 is 0 Å². The molecule has 4 aromatic rings. The van der Waals surface area contributed by atoms with Crippen LogP contribution in [0.4, 0.5) is 0 Å². The molecular formula is C34H33NO4. The molecule has 0 saturated carbocycles. The zero-order valence-corrected chi connectivity index (χ0v) is 22.0. The number of phenols is 1. The van der Waals surface area contributed by atoms with Gasteiger partial charge in [0.25, 0.3) is 5.91 Å². The van der Waals surface area contributed by atoms with Crippen LogP contribution in [0.3, 0.4) is 0 Å². The van der Waals surface area contributed by atoms with Crippen molar-refractivity contribution in [1.29, 1.82) is 0 Å². The molecule has 1 amide bonds. The van der Waals surface area contributed by atoms with Crippen molar-refractivity contribution in [1.82, 2.24) is 4.90 Å². The third-order valence-corrected chi connectivity index (χ3v) is 7.45. The molecule has 5 nitrogen and oxygen atoms in total. The number of amides is 1. The topological polar surface area (TPSA) is 66.8 Å². The Bertz CT molecular complexity index is 1410. The summed E-state index contributed by atoms with van der Waals surface area (Å²) < 4.78 is 6.02. The van der Waals surface area contributed by atoms with Gasteiger partial charge in [-0.1, -0.05) is 84.9 Å². The fourth-order valence-electron chi connectivity index (χ4n) is 5.17. The quantitative estimate of drug-likeness (QED) is 0.255. The Morgan fingerprint density at radius 3 is 2.23 bits per heavy atom. The third-order valence-electron chi connectivity index (χ3n) is 7.45. The molecule has 4 aromatic carbocycles. The maximum absolute atomic E-state index is 12.9. The highest BCUT2D eigenvalue weighted by molar-refractivity contribution is 6.09. The number of ether oxygens (including phenoxy) is 1. The summed E-state index contributed by atoms with van der Waals surface area (Å²) in [7, 11) is 0. The number of carbonyl (C=O) groups is 2. The predicted molar refractivity (Wildman–Crippen MR) is 153 cm³/mol. The molecule has 0 unspecified atom stereocenters. The molecule has 0 spiro atoms. The number of hydrogen-bond acceptors (Lipinski definition) is 4. The van der Waals surface area contributed by atoms with Gasteiger partial charge in [0.1, 0.15) is 11.5 Å². The summed E-state index contributed by atoms with van der Waals surface area (Å²) in [6.07, 6.45) is 3.96. The van der Waals surface area contributed by atoms with Crippen LogP contribution in [-0.4, -0.2) is 41.4 Å². The Hall–Kier alpha value is -4.38. The lowest BCUT2D eigenvalue weighted by Crippen LogP contribution is -2.41. The third kappa shape index (κ3) is 6.74. The number of hydrogen-bond donors (Lipinski definition) is 1. The number of piperidine rings is 1. The number of nitrogens with zero attached hydrogens (tertiary/aromatic N) is 1. The number of benzene rings is 4. The number of carbonyl (C=O) groups excluding carboxylic acids is 2. The summed E-state index contributed by atoms with van der Waals surface area (Å²) in [5.74, 6) is 1.52. The highest BCUT2D eigenvalue weighted by Gasteiger charge is 2.23. The van der Waals surface area contributed by atoms with E-state index in [1.165, 1.54) is 0 Å². The summed E-state index contributed by atoms with van der Waals surface area (Å²) in [4.78, 5) is 27.6. The summed E-state index contributed by atoms with van der Waals surface area (Å²) in [6, 6.07) is 31.9. The standard InChI is InChI=1S/C34H33NO4/c36-30-10-6-7-26(23-30)14-13-25-19-21-35(22-20-25)33(37)24-39-32-12-5-4-11-31(32)27-15-17-29(18-16-27)34(38)28-8-2-1-3-9-28/h1-12,15-18,23,25,36H,13-14,19-22,24H2. The van der Waals surface area contributed by atoms with Gasteiger partial charge in [0, 0.05) is 29.8 Å². The lowest BCUT2D eigenvalue weighted by Gasteiger charge is -2.32. The van der Waals surface area contributed by atoms with Crippen molar-refractivity contribution < 1.29 is 19.4 Å². The van der Waals surface area contributed by atoms with Gasteiger partial charge in [-0.05, 0) is 60.9 Å². The molecule has 1 fully saturated rings. The minimum atomic E-state index is -0.0135. The SMILES string of the molecule is O=C(c1ccccc1)c1ccc(-c2ccccc2OCC(=O)N2CCC(CCc3cccc(O)c3)CC2)cc1. The minimum absolute atomic E-state index is 0.0000375. The number of phenolic OH excluding ortho intramolecular Hbond substituents is 1. The van der Waals surface area contributed by atoms with Crippen LogP contribution in [0.5, 0.6) is 11.5 Å². The van der Waals surface area contributed by atoms with Gasteiger partial charge >= 0.3 is 0 Å². The molecule has 0 aromatic heterocycles. The normalized spacial score (nSPS) is 13.7. The minimum Gasteiger partial charge on any atom is -0.508 e. The maximum Gasteiger partial charge on any atom is 0.260 e. The number of likely N-dealkylation sites (tertiary alicyclic amines) is 1. The molecule has 198 valence electrons. The van der Waals surface area contributed by atoms with E-state index in [4.69, 9.17) is 4.74 Å². The summed E-state index contributed by atoms with van der Waals surface area (Å²) in [5, 5.41) is 9.66. The van der Waals surface area contributed by atoms with Crippen molar-refractivity contribution in [2.75, 3.05) is 19.7 Å². The molecule has 0 aliphatic carbocycles. The second-order valence-corrected chi connectivity index (χ2v) is 10.1. The largest absolute Gasteiger partial charge is 0.508 e. The van der Waals surface area contributed by atoms with Crippen molar-refractivity contribution in [3.8, 4) is 22.6 Å². The Morgan fingerprint density at radius 1 is 0.795 bits per heavy atom. The Morgan fingerprint density at radius 2 is 1.49 bits per heavy atom.